The van der Waals surface area contributed by atoms with Crippen molar-refractivity contribution in [3.8, 4) is 0 Å². The SMILES string of the molecule is CCN(CC(C)(C)O)C(=O)c1c(F)c(F)cc(F)c1F. The van der Waals surface area contributed by atoms with Crippen molar-refractivity contribution in [1.82, 2.24) is 4.90 Å². The summed E-state index contributed by atoms with van der Waals surface area (Å²) in [5.74, 6) is -8.01. The predicted octanol–water partition coefficient (Wildman–Crippen LogP) is 2.48. The van der Waals surface area contributed by atoms with Crippen molar-refractivity contribution in [2.24, 2.45) is 0 Å². The Morgan fingerprint density at radius 3 is 2.00 bits per heavy atom. The summed E-state index contributed by atoms with van der Waals surface area (Å²) in [6.07, 6.45) is 0. The first-order chi connectivity index (χ1) is 9.08. The minimum absolute atomic E-state index is 0.0137. The van der Waals surface area contributed by atoms with Gasteiger partial charge in [-0.3, -0.25) is 4.79 Å². The fraction of sp³-hybridized carbons (Fsp3) is 0.462. The van der Waals surface area contributed by atoms with Gasteiger partial charge in [-0.05, 0) is 20.8 Å². The summed E-state index contributed by atoms with van der Waals surface area (Å²) in [6.45, 7) is 4.07. The van der Waals surface area contributed by atoms with Gasteiger partial charge in [0.05, 0.1) is 5.60 Å². The highest BCUT2D eigenvalue weighted by atomic mass is 19.2. The molecule has 7 heteroatoms. The van der Waals surface area contributed by atoms with E-state index in [1.165, 1.54) is 20.8 Å². The van der Waals surface area contributed by atoms with Crippen LogP contribution in [0.3, 0.4) is 0 Å². The zero-order valence-electron chi connectivity index (χ0n) is 11.3. The van der Waals surface area contributed by atoms with Crippen LogP contribution in [-0.2, 0) is 0 Å². The molecule has 0 spiro atoms. The van der Waals surface area contributed by atoms with E-state index in [4.69, 9.17) is 0 Å². The molecule has 0 saturated carbocycles. The summed E-state index contributed by atoms with van der Waals surface area (Å²) < 4.78 is 53.2. The third-order valence-corrected chi connectivity index (χ3v) is 2.57. The van der Waals surface area contributed by atoms with E-state index in [1.54, 1.807) is 0 Å². The molecule has 1 amide bonds. The molecule has 0 atom stereocenters. The average molecular weight is 293 g/mol. The molecule has 0 heterocycles. The second-order valence-electron chi connectivity index (χ2n) is 4.97. The summed E-state index contributed by atoms with van der Waals surface area (Å²) in [6, 6.07) is 0.0354. The highest BCUT2D eigenvalue weighted by Gasteiger charge is 2.30. The molecule has 0 fully saturated rings. The molecule has 1 aromatic rings. The van der Waals surface area contributed by atoms with Gasteiger partial charge < -0.3 is 10.0 Å². The Morgan fingerprint density at radius 2 is 1.65 bits per heavy atom. The normalized spacial score (nSPS) is 11.6. The lowest BCUT2D eigenvalue weighted by atomic mass is 10.1. The van der Waals surface area contributed by atoms with Crippen LogP contribution in [0.1, 0.15) is 31.1 Å². The maximum Gasteiger partial charge on any atom is 0.260 e. The predicted molar refractivity (Wildman–Crippen MR) is 64.1 cm³/mol. The molecule has 0 bridgehead atoms. The largest absolute Gasteiger partial charge is 0.389 e. The first-order valence-electron chi connectivity index (χ1n) is 5.93. The molecule has 0 radical (unpaired) electrons. The van der Waals surface area contributed by atoms with Crippen molar-refractivity contribution >= 4 is 5.91 Å². The first-order valence-corrected chi connectivity index (χ1v) is 5.93. The molecule has 0 unspecified atom stereocenters. The fourth-order valence-corrected chi connectivity index (χ4v) is 1.71. The molecular weight excluding hydrogens is 278 g/mol. The Kier molecular flexibility index (Phi) is 4.75. The second kappa shape index (κ2) is 5.78. The van der Waals surface area contributed by atoms with Gasteiger partial charge in [0, 0.05) is 19.2 Å². The van der Waals surface area contributed by atoms with Gasteiger partial charge in [0.15, 0.2) is 23.3 Å². The number of likely N-dealkylation sites (N-methyl/N-ethyl adjacent to an activating group) is 1. The number of rotatable bonds is 4. The van der Waals surface area contributed by atoms with Gasteiger partial charge in [0.2, 0.25) is 0 Å². The average Bonchev–Trinajstić information content (AvgIpc) is 2.32. The van der Waals surface area contributed by atoms with Crippen LogP contribution in [0.25, 0.3) is 0 Å². The van der Waals surface area contributed by atoms with E-state index >= 15 is 0 Å². The number of hydrogen-bond acceptors (Lipinski definition) is 2. The topological polar surface area (TPSA) is 40.5 Å². The maximum atomic E-state index is 13.5. The van der Waals surface area contributed by atoms with Crippen molar-refractivity contribution in [2.75, 3.05) is 13.1 Å². The second-order valence-corrected chi connectivity index (χ2v) is 4.97. The Morgan fingerprint density at radius 1 is 1.20 bits per heavy atom. The summed E-state index contributed by atoms with van der Waals surface area (Å²) in [5.41, 5.74) is -2.61. The monoisotopic (exact) mass is 293 g/mol. The number of nitrogens with zero attached hydrogens (tertiary/aromatic N) is 1. The molecule has 1 aromatic carbocycles. The molecule has 112 valence electrons. The summed E-state index contributed by atoms with van der Waals surface area (Å²) in [7, 11) is 0. The lowest BCUT2D eigenvalue weighted by Gasteiger charge is -2.28. The molecule has 1 rings (SSSR count). The van der Waals surface area contributed by atoms with Crippen LogP contribution in [-0.4, -0.2) is 34.6 Å². The lowest BCUT2D eigenvalue weighted by molar-refractivity contribution is 0.0308. The van der Waals surface area contributed by atoms with Crippen molar-refractivity contribution in [2.45, 2.75) is 26.4 Å². The van der Waals surface area contributed by atoms with Gasteiger partial charge in [0.25, 0.3) is 5.91 Å². The highest BCUT2D eigenvalue weighted by molar-refractivity contribution is 5.94. The molecule has 0 aliphatic heterocycles. The van der Waals surface area contributed by atoms with Crippen LogP contribution in [0.5, 0.6) is 0 Å². The van der Waals surface area contributed by atoms with Crippen LogP contribution in [0.15, 0.2) is 6.07 Å². The van der Waals surface area contributed by atoms with Crippen LogP contribution < -0.4 is 0 Å². The molecule has 3 nitrogen and oxygen atoms in total. The Hall–Kier alpha value is -1.63. The smallest absolute Gasteiger partial charge is 0.260 e. The van der Waals surface area contributed by atoms with E-state index < -0.39 is 40.3 Å². The Balaban J connectivity index is 3.26. The van der Waals surface area contributed by atoms with Crippen LogP contribution in [0.4, 0.5) is 17.6 Å². The van der Waals surface area contributed by atoms with Crippen LogP contribution in [0, 0.1) is 23.3 Å². The van der Waals surface area contributed by atoms with Crippen molar-refractivity contribution < 1.29 is 27.5 Å². The van der Waals surface area contributed by atoms with Gasteiger partial charge in [-0.1, -0.05) is 0 Å². The van der Waals surface area contributed by atoms with Gasteiger partial charge in [0.1, 0.15) is 5.56 Å². The van der Waals surface area contributed by atoms with Gasteiger partial charge >= 0.3 is 0 Å². The van der Waals surface area contributed by atoms with E-state index in [1.807, 2.05) is 0 Å². The van der Waals surface area contributed by atoms with Gasteiger partial charge in [-0.2, -0.15) is 0 Å². The van der Waals surface area contributed by atoms with E-state index in [9.17, 15) is 27.5 Å². The maximum absolute atomic E-state index is 13.5. The van der Waals surface area contributed by atoms with E-state index in [0.29, 0.717) is 0 Å². The van der Waals surface area contributed by atoms with Crippen LogP contribution in [0.2, 0.25) is 0 Å². The summed E-state index contributed by atoms with van der Waals surface area (Å²) in [4.78, 5) is 12.9. The Bertz CT molecular complexity index is 500. The third-order valence-electron chi connectivity index (χ3n) is 2.57. The number of carbonyl (C=O) groups is 1. The van der Waals surface area contributed by atoms with Crippen LogP contribution >= 0.6 is 0 Å². The first kappa shape index (κ1) is 16.4. The van der Waals surface area contributed by atoms with Gasteiger partial charge in [-0.15, -0.1) is 0 Å². The third kappa shape index (κ3) is 3.47. The number of carbonyl (C=O) groups excluding carboxylic acids is 1. The molecule has 0 saturated heterocycles. The lowest BCUT2D eigenvalue weighted by Crippen LogP contribution is -2.42. The van der Waals surface area contributed by atoms with E-state index in [0.717, 1.165) is 4.90 Å². The molecule has 20 heavy (non-hydrogen) atoms. The number of benzene rings is 1. The molecule has 0 aliphatic carbocycles. The minimum atomic E-state index is -1.75. The van der Waals surface area contributed by atoms with Crippen molar-refractivity contribution in [3.63, 3.8) is 0 Å². The van der Waals surface area contributed by atoms with Crippen molar-refractivity contribution in [1.29, 1.82) is 0 Å². The van der Waals surface area contributed by atoms with E-state index in [2.05, 4.69) is 0 Å². The summed E-state index contributed by atoms with van der Waals surface area (Å²) in [5, 5.41) is 9.63. The number of hydrogen-bond donors (Lipinski definition) is 1. The zero-order valence-corrected chi connectivity index (χ0v) is 11.3. The minimum Gasteiger partial charge on any atom is -0.389 e. The molecule has 0 aliphatic rings. The molecule has 1 N–H and O–H groups in total. The van der Waals surface area contributed by atoms with Gasteiger partial charge in [-0.25, -0.2) is 17.6 Å². The zero-order chi connectivity index (χ0) is 15.7. The van der Waals surface area contributed by atoms with E-state index in [-0.39, 0.29) is 19.2 Å². The summed E-state index contributed by atoms with van der Waals surface area (Å²) >= 11 is 0. The molecular formula is C13H15F4NO2. The molecule has 0 aromatic heterocycles. The number of halogens is 4. The fourth-order valence-electron chi connectivity index (χ4n) is 1.71. The quantitative estimate of drug-likeness (QED) is 0.684. The Labute approximate surface area is 113 Å². The standard InChI is InChI=1S/C13H15F4NO2/c1-4-18(6-13(2,3)20)12(19)9-10(16)7(14)5-8(15)11(9)17/h5,20H,4,6H2,1-3H3. The number of amides is 1. The van der Waals surface area contributed by atoms with Crippen molar-refractivity contribution in [3.05, 3.63) is 34.9 Å². The highest BCUT2D eigenvalue weighted by Crippen LogP contribution is 2.21. The number of aliphatic hydroxyl groups is 1.